The zero-order chi connectivity index (χ0) is 24.3. The van der Waals surface area contributed by atoms with Crippen LogP contribution >= 0.6 is 0 Å². The summed E-state index contributed by atoms with van der Waals surface area (Å²) in [6, 6.07) is 33.3. The Labute approximate surface area is 211 Å². The summed E-state index contributed by atoms with van der Waals surface area (Å²) in [4.78, 5) is 11.0. The first-order valence-electron chi connectivity index (χ1n) is 12.2. The van der Waals surface area contributed by atoms with Crippen molar-refractivity contribution in [3.8, 4) is 0 Å². The Morgan fingerprint density at radius 1 is 0.541 bits per heavy atom. The summed E-state index contributed by atoms with van der Waals surface area (Å²) in [5.41, 5.74) is 5.96. The lowest BCUT2D eigenvalue weighted by Crippen LogP contribution is -2.11. The van der Waals surface area contributed by atoms with Gasteiger partial charge in [0.15, 0.2) is 11.2 Å². The van der Waals surface area contributed by atoms with Crippen LogP contribution in [0.15, 0.2) is 124 Å². The maximum absolute atomic E-state index is 6.46. The molecule has 4 heterocycles. The molecule has 0 bridgehead atoms. The fourth-order valence-electron chi connectivity index (χ4n) is 5.43. The highest BCUT2D eigenvalue weighted by molar-refractivity contribution is 6.16. The number of aromatic nitrogens is 2. The van der Waals surface area contributed by atoms with Crippen molar-refractivity contribution in [2.75, 3.05) is 4.90 Å². The molecule has 5 nitrogen and oxygen atoms in total. The van der Waals surface area contributed by atoms with Gasteiger partial charge < -0.3 is 13.7 Å². The van der Waals surface area contributed by atoms with Crippen LogP contribution in [0.25, 0.3) is 54.8 Å². The van der Waals surface area contributed by atoms with Crippen LogP contribution in [0.2, 0.25) is 0 Å². The molecule has 4 aromatic heterocycles. The van der Waals surface area contributed by atoms with Crippen molar-refractivity contribution >= 4 is 71.8 Å². The van der Waals surface area contributed by atoms with Crippen LogP contribution in [-0.2, 0) is 0 Å². The Balaban J connectivity index is 1.54. The third-order valence-corrected chi connectivity index (χ3v) is 7.02. The van der Waals surface area contributed by atoms with Crippen LogP contribution in [0.3, 0.4) is 0 Å². The number of furan rings is 2. The molecule has 37 heavy (non-hydrogen) atoms. The van der Waals surface area contributed by atoms with Crippen molar-refractivity contribution in [2.45, 2.75) is 0 Å². The number of para-hydroxylation sites is 1. The van der Waals surface area contributed by atoms with Gasteiger partial charge in [0.05, 0.1) is 34.0 Å². The molecule has 174 valence electrons. The smallest absolute Gasteiger partial charge is 0.227 e. The van der Waals surface area contributed by atoms with Gasteiger partial charge in [-0.25, -0.2) is 4.98 Å². The molecule has 0 spiro atoms. The van der Waals surface area contributed by atoms with Gasteiger partial charge in [-0.05, 0) is 47.9 Å². The fourth-order valence-corrected chi connectivity index (χ4v) is 5.43. The Hall–Kier alpha value is -5.16. The summed E-state index contributed by atoms with van der Waals surface area (Å²) in [7, 11) is 0. The normalized spacial score (nSPS) is 11.8. The third-order valence-electron chi connectivity index (χ3n) is 7.02. The van der Waals surface area contributed by atoms with Crippen molar-refractivity contribution < 1.29 is 8.83 Å². The van der Waals surface area contributed by atoms with Gasteiger partial charge >= 0.3 is 0 Å². The lowest BCUT2D eigenvalue weighted by Gasteiger charge is -2.27. The van der Waals surface area contributed by atoms with Crippen molar-refractivity contribution in [2.24, 2.45) is 0 Å². The van der Waals surface area contributed by atoms with Crippen LogP contribution in [0, 0.1) is 0 Å². The van der Waals surface area contributed by atoms with Crippen molar-refractivity contribution in [1.29, 1.82) is 0 Å². The Morgan fingerprint density at radius 3 is 2.32 bits per heavy atom. The van der Waals surface area contributed by atoms with Gasteiger partial charge in [-0.15, -0.1) is 0 Å². The molecule has 4 aromatic carbocycles. The summed E-state index contributed by atoms with van der Waals surface area (Å²) in [6.07, 6.45) is 5.34. The van der Waals surface area contributed by atoms with E-state index in [4.69, 9.17) is 8.83 Å². The molecule has 0 aliphatic rings. The molecular weight excluding hydrogens is 458 g/mol. The number of pyridine rings is 2. The summed E-state index contributed by atoms with van der Waals surface area (Å²) in [5.74, 6) is 0. The molecule has 0 N–H and O–H groups in total. The summed E-state index contributed by atoms with van der Waals surface area (Å²) in [5, 5.41) is 6.37. The number of hydrogen-bond donors (Lipinski definition) is 0. The van der Waals surface area contributed by atoms with Gasteiger partial charge in [-0.3, -0.25) is 4.98 Å². The van der Waals surface area contributed by atoms with Crippen LogP contribution in [0.5, 0.6) is 0 Å². The molecule has 0 amide bonds. The molecule has 0 atom stereocenters. The van der Waals surface area contributed by atoms with E-state index in [1.165, 1.54) is 0 Å². The molecule has 0 saturated heterocycles. The van der Waals surface area contributed by atoms with Gasteiger partial charge in [0.2, 0.25) is 5.71 Å². The third kappa shape index (κ3) is 2.91. The molecule has 8 rings (SSSR count). The van der Waals surface area contributed by atoms with Crippen molar-refractivity contribution in [3.05, 3.63) is 116 Å². The predicted octanol–water partition coefficient (Wildman–Crippen LogP) is 8.90. The van der Waals surface area contributed by atoms with E-state index in [9.17, 15) is 0 Å². The quantitative estimate of drug-likeness (QED) is 0.254. The van der Waals surface area contributed by atoms with E-state index in [0.29, 0.717) is 5.71 Å². The minimum absolute atomic E-state index is 0.621. The van der Waals surface area contributed by atoms with E-state index in [0.717, 1.165) is 66.1 Å². The Kier molecular flexibility index (Phi) is 4.16. The van der Waals surface area contributed by atoms with E-state index >= 15 is 0 Å². The number of hydrogen-bond acceptors (Lipinski definition) is 5. The first-order chi connectivity index (χ1) is 18.4. The number of benzene rings is 4. The van der Waals surface area contributed by atoms with E-state index in [-0.39, 0.29) is 0 Å². The summed E-state index contributed by atoms with van der Waals surface area (Å²) >= 11 is 0. The number of fused-ring (bicyclic) bond motifs is 7. The molecule has 0 aliphatic carbocycles. The van der Waals surface area contributed by atoms with E-state index in [1.54, 1.807) is 18.6 Å². The van der Waals surface area contributed by atoms with Gasteiger partial charge in [0.25, 0.3) is 0 Å². The van der Waals surface area contributed by atoms with Crippen LogP contribution in [-0.4, -0.2) is 9.97 Å². The topological polar surface area (TPSA) is 55.3 Å². The van der Waals surface area contributed by atoms with Gasteiger partial charge in [0, 0.05) is 28.6 Å². The lowest BCUT2D eigenvalue weighted by atomic mass is 10.0. The molecule has 0 unspecified atom stereocenters. The highest BCUT2D eigenvalue weighted by Crippen LogP contribution is 2.47. The standard InChI is InChI=1S/C32H19N3O2/c1-2-9-21-20(7-1)8-3-12-25(21)35(26-13-5-15-28-30(26)24-11-6-17-34-32(24)37-28)27-14-4-10-23-22-16-18-33-19-29(22)36-31(23)27/h1-19H. The molecule has 0 saturated carbocycles. The average Bonchev–Trinajstić information content (AvgIpc) is 3.53. The minimum Gasteiger partial charge on any atom is -0.452 e. The van der Waals surface area contributed by atoms with Crippen LogP contribution in [0.4, 0.5) is 17.1 Å². The van der Waals surface area contributed by atoms with Crippen molar-refractivity contribution in [1.82, 2.24) is 9.97 Å². The molecule has 8 aromatic rings. The summed E-state index contributed by atoms with van der Waals surface area (Å²) < 4.78 is 12.6. The second-order valence-corrected chi connectivity index (χ2v) is 9.07. The number of anilines is 3. The monoisotopic (exact) mass is 477 g/mol. The number of nitrogens with zero attached hydrogens (tertiary/aromatic N) is 3. The van der Waals surface area contributed by atoms with E-state index in [1.807, 2.05) is 24.3 Å². The molecule has 5 heteroatoms. The van der Waals surface area contributed by atoms with Crippen molar-refractivity contribution in [3.63, 3.8) is 0 Å². The predicted molar refractivity (Wildman–Crippen MR) is 149 cm³/mol. The summed E-state index contributed by atoms with van der Waals surface area (Å²) in [6.45, 7) is 0. The van der Waals surface area contributed by atoms with Gasteiger partial charge in [-0.2, -0.15) is 0 Å². The second-order valence-electron chi connectivity index (χ2n) is 9.07. The largest absolute Gasteiger partial charge is 0.452 e. The molecule has 0 radical (unpaired) electrons. The average molecular weight is 478 g/mol. The Morgan fingerprint density at radius 2 is 1.32 bits per heavy atom. The fraction of sp³-hybridized carbons (Fsp3) is 0. The maximum Gasteiger partial charge on any atom is 0.227 e. The maximum atomic E-state index is 6.46. The lowest BCUT2D eigenvalue weighted by molar-refractivity contribution is 0.654. The van der Waals surface area contributed by atoms with Gasteiger partial charge in [0.1, 0.15) is 5.58 Å². The first-order valence-corrected chi connectivity index (χ1v) is 12.2. The van der Waals surface area contributed by atoms with Crippen LogP contribution < -0.4 is 4.90 Å². The number of rotatable bonds is 3. The minimum atomic E-state index is 0.621. The van der Waals surface area contributed by atoms with Crippen LogP contribution in [0.1, 0.15) is 0 Å². The van der Waals surface area contributed by atoms with E-state index < -0.39 is 0 Å². The molecule has 0 fully saturated rings. The van der Waals surface area contributed by atoms with Gasteiger partial charge in [-0.1, -0.05) is 54.6 Å². The Bertz CT molecular complexity index is 2120. The highest BCUT2D eigenvalue weighted by Gasteiger charge is 2.24. The molecule has 0 aliphatic heterocycles. The zero-order valence-electron chi connectivity index (χ0n) is 19.6. The first kappa shape index (κ1) is 20.1. The molecular formula is C32H19N3O2. The second kappa shape index (κ2) is 7.67. The SMILES string of the molecule is c1ccc2c(N(c3cccc4c3oc3cnccc34)c3cccc4oc5ncccc5c34)cccc2c1. The van der Waals surface area contributed by atoms with E-state index in [2.05, 4.69) is 87.7 Å². The zero-order valence-corrected chi connectivity index (χ0v) is 19.6. The highest BCUT2D eigenvalue weighted by atomic mass is 16.3.